The number of nitrogens with zero attached hydrogens (tertiary/aromatic N) is 2. The lowest BCUT2D eigenvalue weighted by Crippen LogP contribution is -2.23. The van der Waals surface area contributed by atoms with Crippen molar-refractivity contribution in [2.24, 2.45) is 7.05 Å². The molecule has 0 radical (unpaired) electrons. The minimum Gasteiger partial charge on any atom is -0.312 e. The molecule has 0 aliphatic carbocycles. The average Bonchev–Trinajstić information content (AvgIpc) is 2.75. The SMILES string of the molecule is Cn1cc(-c2ccc3c(c2)CNCC3)cn1. The topological polar surface area (TPSA) is 29.9 Å². The number of aromatic nitrogens is 2. The van der Waals surface area contributed by atoms with Gasteiger partial charge in [-0.15, -0.1) is 0 Å². The van der Waals surface area contributed by atoms with E-state index in [1.54, 1.807) is 0 Å². The molecule has 1 aliphatic rings. The standard InChI is InChI=1S/C13H15N3/c1-16-9-13(8-15-16)11-3-2-10-4-5-14-7-12(10)6-11/h2-3,6,8-9,14H,4-5,7H2,1H3. The number of rotatable bonds is 1. The van der Waals surface area contributed by atoms with E-state index in [0.717, 1.165) is 19.5 Å². The van der Waals surface area contributed by atoms with Crippen molar-refractivity contribution < 1.29 is 0 Å². The Kier molecular flexibility index (Phi) is 2.26. The van der Waals surface area contributed by atoms with E-state index in [1.165, 1.54) is 22.3 Å². The lowest BCUT2D eigenvalue weighted by molar-refractivity contribution is 0.644. The Labute approximate surface area is 95.1 Å². The van der Waals surface area contributed by atoms with Crippen LogP contribution in [0.4, 0.5) is 0 Å². The van der Waals surface area contributed by atoms with Crippen LogP contribution in [0.5, 0.6) is 0 Å². The quantitative estimate of drug-likeness (QED) is 0.782. The second kappa shape index (κ2) is 3.76. The Bertz CT molecular complexity index is 514. The number of nitrogens with one attached hydrogen (secondary N) is 1. The molecule has 82 valence electrons. The third-order valence-electron chi connectivity index (χ3n) is 3.13. The average molecular weight is 213 g/mol. The summed E-state index contributed by atoms with van der Waals surface area (Å²) in [6.07, 6.45) is 5.11. The van der Waals surface area contributed by atoms with E-state index < -0.39 is 0 Å². The van der Waals surface area contributed by atoms with E-state index in [-0.39, 0.29) is 0 Å². The van der Waals surface area contributed by atoms with Crippen LogP contribution in [0.3, 0.4) is 0 Å². The molecule has 0 unspecified atom stereocenters. The van der Waals surface area contributed by atoms with Crippen molar-refractivity contribution in [3.8, 4) is 11.1 Å². The van der Waals surface area contributed by atoms with Crippen molar-refractivity contribution in [3.63, 3.8) is 0 Å². The van der Waals surface area contributed by atoms with Gasteiger partial charge < -0.3 is 5.32 Å². The first kappa shape index (κ1) is 9.60. The lowest BCUT2D eigenvalue weighted by atomic mass is 9.97. The van der Waals surface area contributed by atoms with Gasteiger partial charge >= 0.3 is 0 Å². The van der Waals surface area contributed by atoms with E-state index in [1.807, 2.05) is 17.9 Å². The van der Waals surface area contributed by atoms with Gasteiger partial charge in [-0.05, 0) is 35.7 Å². The zero-order valence-corrected chi connectivity index (χ0v) is 9.40. The van der Waals surface area contributed by atoms with Gasteiger partial charge in [0.15, 0.2) is 0 Å². The third-order valence-corrected chi connectivity index (χ3v) is 3.13. The van der Waals surface area contributed by atoms with Crippen molar-refractivity contribution in [2.75, 3.05) is 6.54 Å². The summed E-state index contributed by atoms with van der Waals surface area (Å²) in [6, 6.07) is 6.72. The van der Waals surface area contributed by atoms with Crippen LogP contribution in [0, 0.1) is 0 Å². The third kappa shape index (κ3) is 1.63. The zero-order chi connectivity index (χ0) is 11.0. The maximum Gasteiger partial charge on any atom is 0.0568 e. The number of fused-ring (bicyclic) bond motifs is 1. The summed E-state index contributed by atoms with van der Waals surface area (Å²) in [7, 11) is 1.95. The molecule has 3 heteroatoms. The first-order chi connectivity index (χ1) is 7.83. The number of hydrogen-bond donors (Lipinski definition) is 1. The summed E-state index contributed by atoms with van der Waals surface area (Å²) in [5.74, 6) is 0. The van der Waals surface area contributed by atoms with Crippen LogP contribution in [0.2, 0.25) is 0 Å². The van der Waals surface area contributed by atoms with Gasteiger partial charge in [0, 0.05) is 25.4 Å². The van der Waals surface area contributed by atoms with Gasteiger partial charge in [0.25, 0.3) is 0 Å². The van der Waals surface area contributed by atoms with Gasteiger partial charge in [-0.2, -0.15) is 5.10 Å². The minimum atomic E-state index is 0.990. The fourth-order valence-corrected chi connectivity index (χ4v) is 2.23. The van der Waals surface area contributed by atoms with Gasteiger partial charge in [0.1, 0.15) is 0 Å². The van der Waals surface area contributed by atoms with Gasteiger partial charge in [-0.25, -0.2) is 0 Å². The van der Waals surface area contributed by atoms with Gasteiger partial charge in [0.2, 0.25) is 0 Å². The predicted molar refractivity (Wildman–Crippen MR) is 64.1 cm³/mol. The molecule has 0 fully saturated rings. The van der Waals surface area contributed by atoms with Gasteiger partial charge in [0.05, 0.1) is 6.20 Å². The summed E-state index contributed by atoms with van der Waals surface area (Å²) in [4.78, 5) is 0. The van der Waals surface area contributed by atoms with Crippen LogP contribution in [0.25, 0.3) is 11.1 Å². The van der Waals surface area contributed by atoms with Crippen LogP contribution in [-0.4, -0.2) is 16.3 Å². The van der Waals surface area contributed by atoms with Crippen LogP contribution in [0.1, 0.15) is 11.1 Å². The van der Waals surface area contributed by atoms with E-state index in [0.29, 0.717) is 0 Å². The van der Waals surface area contributed by atoms with Crippen LogP contribution >= 0.6 is 0 Å². The van der Waals surface area contributed by atoms with Crippen molar-refractivity contribution in [1.29, 1.82) is 0 Å². The Morgan fingerprint density at radius 3 is 3.00 bits per heavy atom. The molecule has 1 aliphatic heterocycles. The first-order valence-corrected chi connectivity index (χ1v) is 5.64. The molecule has 3 rings (SSSR count). The molecule has 0 atom stereocenters. The maximum atomic E-state index is 4.21. The molecule has 2 heterocycles. The molecular formula is C13H15N3. The number of hydrogen-bond acceptors (Lipinski definition) is 2. The molecular weight excluding hydrogens is 198 g/mol. The molecule has 1 aromatic heterocycles. The second-order valence-electron chi connectivity index (χ2n) is 4.31. The molecule has 0 amide bonds. The molecule has 0 saturated heterocycles. The molecule has 0 saturated carbocycles. The molecule has 16 heavy (non-hydrogen) atoms. The molecule has 3 nitrogen and oxygen atoms in total. The lowest BCUT2D eigenvalue weighted by Gasteiger charge is -2.17. The smallest absolute Gasteiger partial charge is 0.0568 e. The highest BCUT2D eigenvalue weighted by Crippen LogP contribution is 2.23. The molecule has 0 spiro atoms. The Balaban J connectivity index is 2.02. The predicted octanol–water partition coefficient (Wildman–Crippen LogP) is 1.73. The summed E-state index contributed by atoms with van der Waals surface area (Å²) >= 11 is 0. The summed E-state index contributed by atoms with van der Waals surface area (Å²) < 4.78 is 1.84. The molecule has 1 aromatic carbocycles. The first-order valence-electron chi connectivity index (χ1n) is 5.64. The zero-order valence-electron chi connectivity index (χ0n) is 9.40. The fraction of sp³-hybridized carbons (Fsp3) is 0.308. The molecule has 2 aromatic rings. The van der Waals surface area contributed by atoms with Crippen molar-refractivity contribution in [1.82, 2.24) is 15.1 Å². The maximum absolute atomic E-state index is 4.21. The number of aryl methyl sites for hydroxylation is 1. The van der Waals surface area contributed by atoms with E-state index >= 15 is 0 Å². The minimum absolute atomic E-state index is 0.990. The van der Waals surface area contributed by atoms with Gasteiger partial charge in [-0.1, -0.05) is 12.1 Å². The van der Waals surface area contributed by atoms with Crippen LogP contribution < -0.4 is 5.32 Å². The van der Waals surface area contributed by atoms with Crippen LogP contribution in [0.15, 0.2) is 30.6 Å². The van der Waals surface area contributed by atoms with Crippen LogP contribution in [-0.2, 0) is 20.0 Å². The molecule has 1 N–H and O–H groups in total. The van der Waals surface area contributed by atoms with Crippen molar-refractivity contribution in [3.05, 3.63) is 41.7 Å². The van der Waals surface area contributed by atoms with E-state index in [2.05, 4.69) is 34.8 Å². The Hall–Kier alpha value is -1.61. The Morgan fingerprint density at radius 2 is 2.19 bits per heavy atom. The van der Waals surface area contributed by atoms with E-state index in [9.17, 15) is 0 Å². The number of benzene rings is 1. The summed E-state index contributed by atoms with van der Waals surface area (Å²) in [6.45, 7) is 2.09. The summed E-state index contributed by atoms with van der Waals surface area (Å²) in [5, 5.41) is 7.61. The monoisotopic (exact) mass is 213 g/mol. The van der Waals surface area contributed by atoms with Crippen molar-refractivity contribution in [2.45, 2.75) is 13.0 Å². The van der Waals surface area contributed by atoms with E-state index in [4.69, 9.17) is 0 Å². The normalized spacial score (nSPS) is 14.8. The van der Waals surface area contributed by atoms with Gasteiger partial charge in [-0.3, -0.25) is 4.68 Å². The fourth-order valence-electron chi connectivity index (χ4n) is 2.23. The highest BCUT2D eigenvalue weighted by atomic mass is 15.2. The highest BCUT2D eigenvalue weighted by Gasteiger charge is 2.09. The Morgan fingerprint density at radius 1 is 1.25 bits per heavy atom. The highest BCUT2D eigenvalue weighted by molar-refractivity contribution is 5.63. The molecule has 0 bridgehead atoms. The second-order valence-corrected chi connectivity index (χ2v) is 4.31. The summed E-state index contributed by atoms with van der Waals surface area (Å²) in [5.41, 5.74) is 5.35. The van der Waals surface area contributed by atoms with Crippen molar-refractivity contribution >= 4 is 0 Å². The largest absolute Gasteiger partial charge is 0.312 e.